The molecule has 0 bridgehead atoms. The fourth-order valence-corrected chi connectivity index (χ4v) is 1.35. The van der Waals surface area contributed by atoms with Crippen LogP contribution in [0.5, 0.6) is 0 Å². The number of nitrogens with zero attached hydrogens (tertiary/aromatic N) is 2. The molecule has 0 atom stereocenters. The number of fused-ring (bicyclic) bond motifs is 1. The van der Waals surface area contributed by atoms with Crippen molar-refractivity contribution >= 4 is 23.4 Å². The molecule has 66 valence electrons. The zero-order valence-electron chi connectivity index (χ0n) is 6.37. The van der Waals surface area contributed by atoms with Gasteiger partial charge in [0.1, 0.15) is 5.69 Å². The summed E-state index contributed by atoms with van der Waals surface area (Å²) in [5, 5.41) is -0.0740. The molecule has 2 aromatic heterocycles. The number of rotatable bonds is 1. The van der Waals surface area contributed by atoms with Crippen molar-refractivity contribution in [3.8, 4) is 0 Å². The van der Waals surface area contributed by atoms with E-state index in [-0.39, 0.29) is 10.7 Å². The van der Waals surface area contributed by atoms with E-state index in [1.54, 1.807) is 0 Å². The van der Waals surface area contributed by atoms with Crippen molar-refractivity contribution in [1.29, 1.82) is 0 Å². The Hall–Kier alpha value is -1.42. The first kappa shape index (κ1) is 8.19. The van der Waals surface area contributed by atoms with E-state index < -0.39 is 5.82 Å². The molecule has 2 rings (SSSR count). The van der Waals surface area contributed by atoms with Gasteiger partial charge >= 0.3 is 0 Å². The van der Waals surface area contributed by atoms with E-state index >= 15 is 0 Å². The average Bonchev–Trinajstić information content (AvgIpc) is 2.54. The second-order valence-corrected chi connectivity index (χ2v) is 2.91. The Labute approximate surface area is 77.8 Å². The molecular weight excluding hydrogens is 195 g/mol. The number of pyridine rings is 1. The van der Waals surface area contributed by atoms with Crippen molar-refractivity contribution in [2.45, 2.75) is 0 Å². The van der Waals surface area contributed by atoms with E-state index in [4.69, 9.17) is 11.6 Å². The van der Waals surface area contributed by atoms with Gasteiger partial charge in [-0.2, -0.15) is 0 Å². The third-order valence-electron chi connectivity index (χ3n) is 1.75. The molecule has 0 saturated heterocycles. The standard InChI is InChI=1S/C8H4ClFN2O/c9-6-1-5-2-11-4-12(5)7(3-13)8(6)10/h1-4H. The minimum Gasteiger partial charge on any atom is -0.296 e. The van der Waals surface area contributed by atoms with Gasteiger partial charge in [-0.3, -0.25) is 9.20 Å². The smallest absolute Gasteiger partial charge is 0.169 e. The number of aldehydes is 1. The molecule has 0 N–H and O–H groups in total. The maximum Gasteiger partial charge on any atom is 0.169 e. The fraction of sp³-hybridized carbons (Fsp3) is 0. The Morgan fingerprint density at radius 1 is 1.62 bits per heavy atom. The molecule has 2 aromatic rings. The molecular formula is C8H4ClFN2O. The van der Waals surface area contributed by atoms with Gasteiger partial charge in [0.15, 0.2) is 12.1 Å². The Bertz CT molecular complexity index is 480. The summed E-state index contributed by atoms with van der Waals surface area (Å²) >= 11 is 5.55. The lowest BCUT2D eigenvalue weighted by Crippen LogP contribution is -1.98. The highest BCUT2D eigenvalue weighted by Crippen LogP contribution is 2.20. The first-order valence-electron chi connectivity index (χ1n) is 3.49. The van der Waals surface area contributed by atoms with Crippen LogP contribution in [-0.2, 0) is 0 Å². The third kappa shape index (κ3) is 1.10. The zero-order valence-corrected chi connectivity index (χ0v) is 7.12. The molecule has 0 spiro atoms. The van der Waals surface area contributed by atoms with E-state index in [0.717, 1.165) is 0 Å². The maximum absolute atomic E-state index is 13.2. The first-order valence-corrected chi connectivity index (χ1v) is 3.87. The van der Waals surface area contributed by atoms with Gasteiger partial charge in [-0.15, -0.1) is 0 Å². The molecule has 0 fully saturated rings. The molecule has 3 nitrogen and oxygen atoms in total. The second-order valence-electron chi connectivity index (χ2n) is 2.50. The van der Waals surface area contributed by atoms with Gasteiger partial charge < -0.3 is 0 Å². The lowest BCUT2D eigenvalue weighted by atomic mass is 10.3. The van der Waals surface area contributed by atoms with Crippen LogP contribution in [0.4, 0.5) is 4.39 Å². The summed E-state index contributed by atoms with van der Waals surface area (Å²) in [6.07, 6.45) is 3.27. The minimum absolute atomic E-state index is 0.0740. The summed E-state index contributed by atoms with van der Waals surface area (Å²) < 4.78 is 14.5. The maximum atomic E-state index is 13.2. The van der Waals surface area contributed by atoms with Gasteiger partial charge in [0, 0.05) is 0 Å². The highest BCUT2D eigenvalue weighted by atomic mass is 35.5. The molecule has 0 aliphatic heterocycles. The first-order chi connectivity index (χ1) is 6.24. The Kier molecular flexibility index (Phi) is 1.77. The molecule has 5 heteroatoms. The molecule has 2 heterocycles. The summed E-state index contributed by atoms with van der Waals surface area (Å²) in [7, 11) is 0. The van der Waals surface area contributed by atoms with Crippen LogP contribution in [0.1, 0.15) is 10.5 Å². The van der Waals surface area contributed by atoms with Gasteiger partial charge in [-0.1, -0.05) is 11.6 Å². The van der Waals surface area contributed by atoms with E-state index in [9.17, 15) is 9.18 Å². The highest BCUT2D eigenvalue weighted by molar-refractivity contribution is 6.31. The summed E-state index contributed by atoms with van der Waals surface area (Å²) in [6, 6.07) is 1.41. The van der Waals surface area contributed by atoms with Crippen LogP contribution < -0.4 is 0 Å². The minimum atomic E-state index is -0.720. The number of halogens is 2. The van der Waals surface area contributed by atoms with E-state index in [2.05, 4.69) is 4.98 Å². The monoisotopic (exact) mass is 198 g/mol. The normalized spacial score (nSPS) is 10.6. The van der Waals surface area contributed by atoms with Gasteiger partial charge in [0.2, 0.25) is 0 Å². The van der Waals surface area contributed by atoms with E-state index in [1.165, 1.54) is 23.0 Å². The molecule has 13 heavy (non-hydrogen) atoms. The lowest BCUT2D eigenvalue weighted by molar-refractivity contribution is 0.111. The summed E-state index contributed by atoms with van der Waals surface area (Å²) in [5.41, 5.74) is 0.480. The molecule has 0 aliphatic carbocycles. The number of carbonyl (C=O) groups is 1. The van der Waals surface area contributed by atoms with Crippen LogP contribution in [-0.4, -0.2) is 15.7 Å². The number of hydrogen-bond donors (Lipinski definition) is 0. The third-order valence-corrected chi connectivity index (χ3v) is 2.02. The Balaban J connectivity index is 2.95. The topological polar surface area (TPSA) is 34.4 Å². The van der Waals surface area contributed by atoms with Gasteiger partial charge in [0.05, 0.1) is 23.1 Å². The van der Waals surface area contributed by atoms with Crippen molar-refractivity contribution in [1.82, 2.24) is 9.38 Å². The van der Waals surface area contributed by atoms with Crippen LogP contribution in [0.3, 0.4) is 0 Å². The number of aromatic nitrogens is 2. The van der Waals surface area contributed by atoms with Crippen LogP contribution in [0, 0.1) is 5.82 Å². The zero-order chi connectivity index (χ0) is 9.42. The van der Waals surface area contributed by atoms with E-state index in [1.807, 2.05) is 0 Å². The van der Waals surface area contributed by atoms with Crippen molar-refractivity contribution < 1.29 is 9.18 Å². The molecule has 0 radical (unpaired) electrons. The molecule has 0 aliphatic rings. The van der Waals surface area contributed by atoms with Gasteiger partial charge in [0.25, 0.3) is 0 Å². The van der Waals surface area contributed by atoms with Crippen molar-refractivity contribution in [2.24, 2.45) is 0 Å². The van der Waals surface area contributed by atoms with Crippen molar-refractivity contribution in [2.75, 3.05) is 0 Å². The van der Waals surface area contributed by atoms with Crippen LogP contribution in [0.25, 0.3) is 5.52 Å². The quantitative estimate of drug-likeness (QED) is 0.657. The number of hydrogen-bond acceptors (Lipinski definition) is 2. The van der Waals surface area contributed by atoms with Crippen LogP contribution in [0.2, 0.25) is 5.02 Å². The molecule has 0 saturated carbocycles. The fourth-order valence-electron chi connectivity index (χ4n) is 1.14. The largest absolute Gasteiger partial charge is 0.296 e. The van der Waals surface area contributed by atoms with Crippen molar-refractivity contribution in [3.63, 3.8) is 0 Å². The van der Waals surface area contributed by atoms with Gasteiger partial charge in [-0.25, -0.2) is 9.37 Å². The highest BCUT2D eigenvalue weighted by Gasteiger charge is 2.10. The molecule has 0 unspecified atom stereocenters. The molecule has 0 aromatic carbocycles. The predicted octanol–water partition coefficient (Wildman–Crippen LogP) is 1.94. The van der Waals surface area contributed by atoms with Crippen LogP contribution >= 0.6 is 11.6 Å². The predicted molar refractivity (Wildman–Crippen MR) is 45.5 cm³/mol. The Morgan fingerprint density at radius 3 is 3.08 bits per heavy atom. The van der Waals surface area contributed by atoms with Gasteiger partial charge in [-0.05, 0) is 6.07 Å². The second kappa shape index (κ2) is 2.81. The lowest BCUT2D eigenvalue weighted by Gasteiger charge is -2.01. The summed E-state index contributed by atoms with van der Waals surface area (Å²) in [4.78, 5) is 14.3. The van der Waals surface area contributed by atoms with E-state index in [0.29, 0.717) is 11.8 Å². The SMILES string of the molecule is O=Cc1c(F)c(Cl)cc2cncn12. The summed E-state index contributed by atoms with van der Waals surface area (Å²) in [6.45, 7) is 0. The Morgan fingerprint density at radius 2 is 2.38 bits per heavy atom. The number of carbonyl (C=O) groups excluding carboxylic acids is 1. The van der Waals surface area contributed by atoms with Crippen LogP contribution in [0.15, 0.2) is 18.6 Å². The summed E-state index contributed by atoms with van der Waals surface area (Å²) in [5.74, 6) is -0.720. The molecule has 0 amide bonds. The average molecular weight is 199 g/mol. The van der Waals surface area contributed by atoms with Crippen molar-refractivity contribution in [3.05, 3.63) is 35.1 Å². The number of imidazole rings is 1.